The average molecular weight is 259 g/mol. The van der Waals surface area contributed by atoms with E-state index in [1.54, 1.807) is 7.11 Å². The second-order valence-corrected chi connectivity index (χ2v) is 4.19. The summed E-state index contributed by atoms with van der Waals surface area (Å²) < 4.78 is 5.15. The Hall–Kier alpha value is -2.14. The number of aliphatic hydroxyl groups excluding tert-OH is 1. The van der Waals surface area contributed by atoms with Gasteiger partial charge in [0.05, 0.1) is 19.3 Å². The molecule has 1 heterocycles. The number of hydrogen-bond donors (Lipinski definition) is 2. The van der Waals surface area contributed by atoms with Crippen molar-refractivity contribution in [1.29, 1.82) is 0 Å². The zero-order valence-electron chi connectivity index (χ0n) is 11.1. The number of methoxy groups -OCH3 is 1. The molecule has 2 N–H and O–H groups in total. The summed E-state index contributed by atoms with van der Waals surface area (Å²) in [6, 6.07) is 7.78. The predicted octanol–water partition coefficient (Wildman–Crippen LogP) is 1.90. The lowest BCUT2D eigenvalue weighted by Crippen LogP contribution is -2.05. The van der Waals surface area contributed by atoms with Crippen molar-refractivity contribution >= 4 is 5.82 Å². The van der Waals surface area contributed by atoms with Gasteiger partial charge >= 0.3 is 0 Å². The van der Waals surface area contributed by atoms with Crippen molar-refractivity contribution in [2.45, 2.75) is 20.1 Å². The van der Waals surface area contributed by atoms with Gasteiger partial charge in [-0.15, -0.1) is 0 Å². The summed E-state index contributed by atoms with van der Waals surface area (Å²) in [4.78, 5) is 8.23. The molecule has 2 rings (SSSR count). The highest BCUT2D eigenvalue weighted by Crippen LogP contribution is 2.20. The van der Waals surface area contributed by atoms with Gasteiger partial charge < -0.3 is 15.2 Å². The second-order valence-electron chi connectivity index (χ2n) is 4.19. The molecule has 0 saturated heterocycles. The molecule has 0 radical (unpaired) electrons. The number of nitrogens with zero attached hydrogens (tertiary/aromatic N) is 2. The van der Waals surface area contributed by atoms with Gasteiger partial charge in [-0.05, 0) is 18.1 Å². The van der Waals surface area contributed by atoms with Crippen LogP contribution in [0.25, 0.3) is 0 Å². The molecule has 0 spiro atoms. The Balaban J connectivity index is 2.10. The third-order valence-electron chi connectivity index (χ3n) is 2.87. The van der Waals surface area contributed by atoms with Crippen molar-refractivity contribution in [1.82, 2.24) is 9.97 Å². The molecule has 0 aliphatic rings. The number of rotatable bonds is 5. The number of nitrogens with one attached hydrogen (secondary N) is 1. The SMILES string of the molecule is COc1ncnc(NCc2cccc(CO)c2)c1C. The summed E-state index contributed by atoms with van der Waals surface area (Å²) in [6.07, 6.45) is 1.47. The lowest BCUT2D eigenvalue weighted by molar-refractivity contribution is 0.281. The first-order valence-corrected chi connectivity index (χ1v) is 6.02. The maximum absolute atomic E-state index is 9.10. The Labute approximate surface area is 112 Å². The molecular formula is C14H17N3O2. The van der Waals surface area contributed by atoms with Crippen molar-refractivity contribution in [3.05, 3.63) is 47.3 Å². The number of aromatic nitrogens is 2. The monoisotopic (exact) mass is 259 g/mol. The summed E-state index contributed by atoms with van der Waals surface area (Å²) in [6.45, 7) is 2.59. The highest BCUT2D eigenvalue weighted by molar-refractivity contribution is 5.48. The van der Waals surface area contributed by atoms with Crippen molar-refractivity contribution in [2.75, 3.05) is 12.4 Å². The Kier molecular flexibility index (Phi) is 4.30. The number of benzene rings is 1. The van der Waals surface area contributed by atoms with Crippen LogP contribution >= 0.6 is 0 Å². The van der Waals surface area contributed by atoms with Crippen LogP contribution in [0.1, 0.15) is 16.7 Å². The summed E-state index contributed by atoms with van der Waals surface area (Å²) in [5, 5.41) is 12.3. The Morgan fingerprint density at radius 3 is 2.79 bits per heavy atom. The lowest BCUT2D eigenvalue weighted by atomic mass is 10.1. The second kappa shape index (κ2) is 6.15. The Morgan fingerprint density at radius 2 is 2.05 bits per heavy atom. The number of anilines is 1. The predicted molar refractivity (Wildman–Crippen MR) is 73.0 cm³/mol. The standard InChI is InChI=1S/C14H17N3O2/c1-10-13(16-9-17-14(10)19-2)15-7-11-4-3-5-12(6-11)8-18/h3-6,9,18H,7-8H2,1-2H3,(H,15,16,17). The molecule has 100 valence electrons. The molecule has 0 aliphatic carbocycles. The van der Waals surface area contributed by atoms with E-state index in [4.69, 9.17) is 9.84 Å². The fourth-order valence-electron chi connectivity index (χ4n) is 1.84. The van der Waals surface area contributed by atoms with Crippen LogP contribution in [0.4, 0.5) is 5.82 Å². The first-order valence-electron chi connectivity index (χ1n) is 6.02. The van der Waals surface area contributed by atoms with Crippen LogP contribution in [0.2, 0.25) is 0 Å². The number of ether oxygens (including phenoxy) is 1. The molecule has 5 heteroatoms. The maximum atomic E-state index is 9.10. The van der Waals surface area contributed by atoms with Crippen molar-refractivity contribution in [3.63, 3.8) is 0 Å². The van der Waals surface area contributed by atoms with E-state index in [2.05, 4.69) is 15.3 Å². The fourth-order valence-corrected chi connectivity index (χ4v) is 1.84. The molecule has 0 unspecified atom stereocenters. The van der Waals surface area contributed by atoms with E-state index < -0.39 is 0 Å². The van der Waals surface area contributed by atoms with Gasteiger partial charge in [-0.25, -0.2) is 9.97 Å². The Morgan fingerprint density at radius 1 is 1.26 bits per heavy atom. The van der Waals surface area contributed by atoms with Gasteiger partial charge in [-0.2, -0.15) is 0 Å². The van der Waals surface area contributed by atoms with Crippen LogP contribution in [0.5, 0.6) is 5.88 Å². The normalized spacial score (nSPS) is 10.3. The van der Waals surface area contributed by atoms with Crippen LogP contribution in [0, 0.1) is 6.92 Å². The molecule has 19 heavy (non-hydrogen) atoms. The molecule has 0 bridgehead atoms. The Bertz CT molecular complexity index is 558. The van der Waals surface area contributed by atoms with E-state index in [0.717, 1.165) is 22.5 Å². The summed E-state index contributed by atoms with van der Waals surface area (Å²) in [5.41, 5.74) is 2.86. The van der Waals surface area contributed by atoms with Crippen LogP contribution < -0.4 is 10.1 Å². The first-order chi connectivity index (χ1) is 9.24. The summed E-state index contributed by atoms with van der Waals surface area (Å²) >= 11 is 0. The molecule has 0 atom stereocenters. The zero-order chi connectivity index (χ0) is 13.7. The van der Waals surface area contributed by atoms with Crippen molar-refractivity contribution in [2.24, 2.45) is 0 Å². The van der Waals surface area contributed by atoms with E-state index in [0.29, 0.717) is 12.4 Å². The fraction of sp³-hybridized carbons (Fsp3) is 0.286. The highest BCUT2D eigenvalue weighted by Gasteiger charge is 2.06. The lowest BCUT2D eigenvalue weighted by Gasteiger charge is -2.10. The molecular weight excluding hydrogens is 242 g/mol. The molecule has 0 fully saturated rings. The third-order valence-corrected chi connectivity index (χ3v) is 2.87. The number of aliphatic hydroxyl groups is 1. The van der Waals surface area contributed by atoms with Gasteiger partial charge in [0.25, 0.3) is 0 Å². The largest absolute Gasteiger partial charge is 0.481 e. The summed E-state index contributed by atoms with van der Waals surface area (Å²) in [5.74, 6) is 1.32. The minimum atomic E-state index is 0.0498. The quantitative estimate of drug-likeness (QED) is 0.858. The van der Waals surface area contributed by atoms with Gasteiger partial charge in [0, 0.05) is 6.54 Å². The van der Waals surface area contributed by atoms with Crippen molar-refractivity contribution in [3.8, 4) is 5.88 Å². The highest BCUT2D eigenvalue weighted by atomic mass is 16.5. The maximum Gasteiger partial charge on any atom is 0.221 e. The molecule has 0 aliphatic heterocycles. The van der Waals surface area contributed by atoms with Gasteiger partial charge in [-0.1, -0.05) is 24.3 Å². The van der Waals surface area contributed by atoms with E-state index in [-0.39, 0.29) is 6.61 Å². The molecule has 0 saturated carbocycles. The molecule has 5 nitrogen and oxygen atoms in total. The number of hydrogen-bond acceptors (Lipinski definition) is 5. The van der Waals surface area contributed by atoms with E-state index in [1.807, 2.05) is 31.2 Å². The summed E-state index contributed by atoms with van der Waals surface area (Å²) in [7, 11) is 1.59. The van der Waals surface area contributed by atoms with E-state index >= 15 is 0 Å². The van der Waals surface area contributed by atoms with E-state index in [1.165, 1.54) is 6.33 Å². The molecule has 1 aromatic heterocycles. The molecule has 2 aromatic rings. The first kappa shape index (κ1) is 13.3. The van der Waals surface area contributed by atoms with E-state index in [9.17, 15) is 0 Å². The molecule has 0 amide bonds. The van der Waals surface area contributed by atoms with Gasteiger partial charge in [0.2, 0.25) is 5.88 Å². The smallest absolute Gasteiger partial charge is 0.221 e. The topological polar surface area (TPSA) is 67.3 Å². The van der Waals surface area contributed by atoms with Crippen LogP contribution in [-0.4, -0.2) is 22.2 Å². The third kappa shape index (κ3) is 3.20. The average Bonchev–Trinajstić information content (AvgIpc) is 2.46. The van der Waals surface area contributed by atoms with Crippen LogP contribution in [0.15, 0.2) is 30.6 Å². The van der Waals surface area contributed by atoms with Gasteiger partial charge in [-0.3, -0.25) is 0 Å². The minimum absolute atomic E-state index is 0.0498. The van der Waals surface area contributed by atoms with Gasteiger partial charge in [0.15, 0.2) is 0 Å². The molecule has 1 aromatic carbocycles. The zero-order valence-corrected chi connectivity index (χ0v) is 11.1. The van der Waals surface area contributed by atoms with Crippen LogP contribution in [-0.2, 0) is 13.2 Å². The van der Waals surface area contributed by atoms with Gasteiger partial charge in [0.1, 0.15) is 12.1 Å². The van der Waals surface area contributed by atoms with Crippen LogP contribution in [0.3, 0.4) is 0 Å². The van der Waals surface area contributed by atoms with Crippen molar-refractivity contribution < 1.29 is 9.84 Å². The minimum Gasteiger partial charge on any atom is -0.481 e.